The van der Waals surface area contributed by atoms with Crippen molar-refractivity contribution in [2.45, 2.75) is 52.4 Å². The molecule has 1 aromatic rings. The highest BCUT2D eigenvalue weighted by molar-refractivity contribution is 5.81. The lowest BCUT2D eigenvalue weighted by Crippen LogP contribution is -2.15. The van der Waals surface area contributed by atoms with Crippen LogP contribution in [0.1, 0.15) is 48.8 Å². The fourth-order valence-electron chi connectivity index (χ4n) is 2.73. The summed E-state index contributed by atoms with van der Waals surface area (Å²) in [6.45, 7) is 4.27. The van der Waals surface area contributed by atoms with E-state index in [1.54, 1.807) is 0 Å². The number of benzene rings is 1. The molecular formula is C16H22O. The van der Waals surface area contributed by atoms with Crippen LogP contribution in [0.4, 0.5) is 0 Å². The Kier molecular flexibility index (Phi) is 3.98. The Bertz CT molecular complexity index is 406. The van der Waals surface area contributed by atoms with Crippen molar-refractivity contribution in [1.29, 1.82) is 0 Å². The highest BCUT2D eigenvalue weighted by Crippen LogP contribution is 2.25. The Morgan fingerprint density at radius 1 is 1.18 bits per heavy atom. The number of ketones is 1. The molecule has 1 unspecified atom stereocenters. The van der Waals surface area contributed by atoms with Gasteiger partial charge in [-0.05, 0) is 44.2 Å². The summed E-state index contributed by atoms with van der Waals surface area (Å²) in [5.74, 6) is 0.765. The minimum absolute atomic E-state index is 0.276. The van der Waals surface area contributed by atoms with Crippen LogP contribution < -0.4 is 0 Å². The van der Waals surface area contributed by atoms with Crippen molar-refractivity contribution in [3.63, 3.8) is 0 Å². The van der Waals surface area contributed by atoms with E-state index in [9.17, 15) is 4.79 Å². The lowest BCUT2D eigenvalue weighted by molar-refractivity contribution is -0.122. The average molecular weight is 230 g/mol. The zero-order valence-corrected chi connectivity index (χ0v) is 11.0. The molecule has 1 heteroatoms. The van der Waals surface area contributed by atoms with Gasteiger partial charge in [-0.15, -0.1) is 0 Å². The highest BCUT2D eigenvalue weighted by Gasteiger charge is 2.21. The van der Waals surface area contributed by atoms with Gasteiger partial charge in [0, 0.05) is 12.3 Å². The largest absolute Gasteiger partial charge is 0.299 e. The molecule has 1 aliphatic rings. The van der Waals surface area contributed by atoms with Gasteiger partial charge >= 0.3 is 0 Å². The molecule has 1 atom stereocenters. The van der Waals surface area contributed by atoms with Crippen LogP contribution in [-0.2, 0) is 11.2 Å². The first-order valence-corrected chi connectivity index (χ1v) is 6.75. The molecule has 0 radical (unpaired) electrons. The summed E-state index contributed by atoms with van der Waals surface area (Å²) in [6, 6.07) is 6.56. The van der Waals surface area contributed by atoms with Gasteiger partial charge in [0.05, 0.1) is 0 Å². The summed E-state index contributed by atoms with van der Waals surface area (Å²) in [6.07, 6.45) is 6.40. The Labute approximate surface area is 104 Å². The van der Waals surface area contributed by atoms with Gasteiger partial charge in [0.1, 0.15) is 5.78 Å². The van der Waals surface area contributed by atoms with Crippen LogP contribution in [0, 0.1) is 19.8 Å². The highest BCUT2D eigenvalue weighted by atomic mass is 16.1. The van der Waals surface area contributed by atoms with Gasteiger partial charge in [-0.25, -0.2) is 0 Å². The van der Waals surface area contributed by atoms with E-state index in [0.717, 1.165) is 25.7 Å². The van der Waals surface area contributed by atoms with E-state index in [1.165, 1.54) is 29.5 Å². The molecule has 1 aromatic carbocycles. The van der Waals surface area contributed by atoms with Crippen LogP contribution in [0.3, 0.4) is 0 Å². The Morgan fingerprint density at radius 3 is 2.82 bits per heavy atom. The molecule has 0 aromatic heterocycles. The van der Waals surface area contributed by atoms with Crippen molar-refractivity contribution >= 4 is 5.78 Å². The van der Waals surface area contributed by atoms with Crippen molar-refractivity contribution in [1.82, 2.24) is 0 Å². The van der Waals surface area contributed by atoms with Crippen molar-refractivity contribution in [3.05, 3.63) is 34.9 Å². The Balaban J connectivity index is 2.13. The van der Waals surface area contributed by atoms with E-state index in [1.807, 2.05) is 0 Å². The summed E-state index contributed by atoms with van der Waals surface area (Å²) < 4.78 is 0. The standard InChI is InChI=1S/C16H22O/c1-12-8-9-13(2)15(10-12)11-14-6-4-3-5-7-16(14)17/h8-10,14H,3-7,11H2,1-2H3. The predicted molar refractivity (Wildman–Crippen MR) is 71.2 cm³/mol. The van der Waals surface area contributed by atoms with Crippen molar-refractivity contribution in [2.75, 3.05) is 0 Å². The zero-order chi connectivity index (χ0) is 12.3. The van der Waals surface area contributed by atoms with Gasteiger partial charge in [0.15, 0.2) is 0 Å². The third-order valence-corrected chi connectivity index (χ3v) is 3.90. The van der Waals surface area contributed by atoms with Crippen molar-refractivity contribution < 1.29 is 4.79 Å². The number of hydrogen-bond acceptors (Lipinski definition) is 1. The molecule has 17 heavy (non-hydrogen) atoms. The van der Waals surface area contributed by atoms with Crippen LogP contribution in [0.25, 0.3) is 0 Å². The maximum Gasteiger partial charge on any atom is 0.136 e. The van der Waals surface area contributed by atoms with E-state index in [-0.39, 0.29) is 5.92 Å². The Hall–Kier alpha value is -1.11. The van der Waals surface area contributed by atoms with Crippen molar-refractivity contribution in [3.8, 4) is 0 Å². The summed E-state index contributed by atoms with van der Waals surface area (Å²) in [5, 5.41) is 0. The quantitative estimate of drug-likeness (QED) is 0.702. The average Bonchev–Trinajstić information content (AvgIpc) is 2.50. The molecule has 0 aliphatic heterocycles. The first-order chi connectivity index (χ1) is 8.16. The van der Waals surface area contributed by atoms with E-state index in [2.05, 4.69) is 32.0 Å². The number of Topliss-reactive ketones (excluding diaryl/α,β-unsaturated/α-hetero) is 1. The van der Waals surface area contributed by atoms with Gasteiger partial charge in [-0.2, -0.15) is 0 Å². The van der Waals surface area contributed by atoms with Crippen LogP contribution in [0.2, 0.25) is 0 Å². The Morgan fingerprint density at radius 2 is 2.00 bits per heavy atom. The van der Waals surface area contributed by atoms with Crippen LogP contribution in [0.5, 0.6) is 0 Å². The van der Waals surface area contributed by atoms with Crippen LogP contribution in [-0.4, -0.2) is 5.78 Å². The lowest BCUT2D eigenvalue weighted by Gasteiger charge is -2.15. The molecular weight excluding hydrogens is 208 g/mol. The number of aryl methyl sites for hydroxylation is 2. The number of rotatable bonds is 2. The molecule has 1 aliphatic carbocycles. The molecule has 1 saturated carbocycles. The summed E-state index contributed by atoms with van der Waals surface area (Å²) in [4.78, 5) is 12.0. The minimum Gasteiger partial charge on any atom is -0.299 e. The maximum absolute atomic E-state index is 12.0. The SMILES string of the molecule is Cc1ccc(C)c(CC2CCCCCC2=O)c1. The molecule has 0 heterocycles. The molecule has 0 spiro atoms. The molecule has 1 nitrogen and oxygen atoms in total. The number of carbonyl (C=O) groups is 1. The first-order valence-electron chi connectivity index (χ1n) is 6.75. The molecule has 0 N–H and O–H groups in total. The third kappa shape index (κ3) is 3.18. The zero-order valence-electron chi connectivity index (χ0n) is 11.0. The van der Waals surface area contributed by atoms with Gasteiger partial charge in [0.2, 0.25) is 0 Å². The van der Waals surface area contributed by atoms with Crippen LogP contribution >= 0.6 is 0 Å². The van der Waals surface area contributed by atoms with Gasteiger partial charge in [0.25, 0.3) is 0 Å². The second-order valence-electron chi connectivity index (χ2n) is 5.40. The van der Waals surface area contributed by atoms with Crippen molar-refractivity contribution in [2.24, 2.45) is 5.92 Å². The molecule has 0 amide bonds. The molecule has 0 saturated heterocycles. The first kappa shape index (κ1) is 12.3. The topological polar surface area (TPSA) is 17.1 Å². The molecule has 92 valence electrons. The number of hydrogen-bond donors (Lipinski definition) is 0. The fourth-order valence-corrected chi connectivity index (χ4v) is 2.73. The lowest BCUT2D eigenvalue weighted by atomic mass is 9.89. The minimum atomic E-state index is 0.276. The molecule has 0 bridgehead atoms. The monoisotopic (exact) mass is 230 g/mol. The normalized spacial score (nSPS) is 21.3. The third-order valence-electron chi connectivity index (χ3n) is 3.90. The summed E-state index contributed by atoms with van der Waals surface area (Å²) in [5.41, 5.74) is 3.99. The second-order valence-corrected chi connectivity index (χ2v) is 5.40. The second kappa shape index (κ2) is 5.48. The van der Waals surface area contributed by atoms with E-state index >= 15 is 0 Å². The summed E-state index contributed by atoms with van der Waals surface area (Å²) in [7, 11) is 0. The van der Waals surface area contributed by atoms with Gasteiger partial charge < -0.3 is 0 Å². The van der Waals surface area contributed by atoms with Gasteiger partial charge in [-0.3, -0.25) is 4.79 Å². The maximum atomic E-state index is 12.0. The van der Waals surface area contributed by atoms with E-state index in [0.29, 0.717) is 5.78 Å². The summed E-state index contributed by atoms with van der Waals surface area (Å²) >= 11 is 0. The van der Waals surface area contributed by atoms with Crippen LogP contribution in [0.15, 0.2) is 18.2 Å². The molecule has 2 rings (SSSR count). The predicted octanol–water partition coefficient (Wildman–Crippen LogP) is 4.00. The fraction of sp³-hybridized carbons (Fsp3) is 0.562. The smallest absolute Gasteiger partial charge is 0.136 e. The molecule has 1 fully saturated rings. The van der Waals surface area contributed by atoms with E-state index < -0.39 is 0 Å². The number of carbonyl (C=O) groups excluding carboxylic acids is 1. The van der Waals surface area contributed by atoms with Gasteiger partial charge in [-0.1, -0.05) is 36.6 Å². The van der Waals surface area contributed by atoms with E-state index in [4.69, 9.17) is 0 Å².